The first kappa shape index (κ1) is 13.7. The largest absolute Gasteiger partial charge is 0.497 e. The fourth-order valence-electron chi connectivity index (χ4n) is 2.51. The molecule has 1 aromatic rings. The van der Waals surface area contributed by atoms with Crippen LogP contribution in [0.3, 0.4) is 0 Å². The molecule has 0 amide bonds. The fourth-order valence-corrected chi connectivity index (χ4v) is 2.51. The van der Waals surface area contributed by atoms with E-state index in [0.29, 0.717) is 11.5 Å². The molecule has 1 heterocycles. The Labute approximate surface area is 112 Å². The third kappa shape index (κ3) is 2.51. The molecule has 0 aliphatic carbocycles. The van der Waals surface area contributed by atoms with E-state index in [9.17, 15) is 9.90 Å². The van der Waals surface area contributed by atoms with Gasteiger partial charge in [0.05, 0.1) is 14.2 Å². The predicted octanol–water partition coefficient (Wildman–Crippen LogP) is 1.75. The van der Waals surface area contributed by atoms with Crippen molar-refractivity contribution in [2.24, 2.45) is 0 Å². The number of aliphatic carboxylic acids is 1. The van der Waals surface area contributed by atoms with Gasteiger partial charge in [-0.2, -0.15) is 0 Å². The summed E-state index contributed by atoms with van der Waals surface area (Å²) in [7, 11) is 3.15. The van der Waals surface area contributed by atoms with Crippen molar-refractivity contribution in [1.82, 2.24) is 5.32 Å². The Kier molecular flexibility index (Phi) is 3.95. The number of carboxylic acid groups (broad SMARTS) is 1. The van der Waals surface area contributed by atoms with Crippen molar-refractivity contribution in [1.29, 1.82) is 0 Å². The minimum absolute atomic E-state index is 0.149. The van der Waals surface area contributed by atoms with Crippen LogP contribution in [0.4, 0.5) is 0 Å². The van der Waals surface area contributed by atoms with Gasteiger partial charge in [-0.25, -0.2) is 0 Å². The fraction of sp³-hybridized carbons (Fsp3) is 0.500. The minimum Gasteiger partial charge on any atom is -0.497 e. The molecule has 0 bridgehead atoms. The molecule has 0 saturated heterocycles. The zero-order chi connectivity index (χ0) is 14.0. The van der Waals surface area contributed by atoms with Crippen LogP contribution in [0.5, 0.6) is 11.5 Å². The van der Waals surface area contributed by atoms with Gasteiger partial charge >= 0.3 is 5.97 Å². The van der Waals surface area contributed by atoms with E-state index < -0.39 is 12.0 Å². The first-order valence-corrected chi connectivity index (χ1v) is 6.34. The third-order valence-corrected chi connectivity index (χ3v) is 3.58. The van der Waals surface area contributed by atoms with E-state index in [0.717, 1.165) is 24.0 Å². The lowest BCUT2D eigenvalue weighted by Crippen LogP contribution is -2.42. The van der Waals surface area contributed by atoms with Crippen LogP contribution in [0, 0.1) is 0 Å². The van der Waals surface area contributed by atoms with Crippen molar-refractivity contribution in [2.75, 3.05) is 14.2 Å². The number of carboxylic acids is 1. The normalized spacial score (nSPS) is 21.6. The van der Waals surface area contributed by atoms with Crippen molar-refractivity contribution < 1.29 is 19.4 Å². The summed E-state index contributed by atoms with van der Waals surface area (Å²) in [6, 6.07) is 3.01. The van der Waals surface area contributed by atoms with E-state index >= 15 is 0 Å². The van der Waals surface area contributed by atoms with Gasteiger partial charge < -0.3 is 14.6 Å². The number of nitrogens with one attached hydrogen (secondary N) is 1. The van der Waals surface area contributed by atoms with Crippen LogP contribution in [-0.4, -0.2) is 31.3 Å². The van der Waals surface area contributed by atoms with Crippen LogP contribution >= 0.6 is 0 Å². The number of fused-ring (bicyclic) bond motifs is 1. The first-order valence-electron chi connectivity index (χ1n) is 6.34. The molecule has 1 aliphatic rings. The van der Waals surface area contributed by atoms with E-state index in [1.165, 1.54) is 0 Å². The summed E-state index contributed by atoms with van der Waals surface area (Å²) < 4.78 is 10.6. The van der Waals surface area contributed by atoms with E-state index in [1.54, 1.807) is 26.4 Å². The van der Waals surface area contributed by atoms with Gasteiger partial charge in [-0.1, -0.05) is 6.92 Å². The van der Waals surface area contributed by atoms with Gasteiger partial charge in [0.2, 0.25) is 0 Å². The molecule has 0 aromatic heterocycles. The summed E-state index contributed by atoms with van der Waals surface area (Å²) >= 11 is 0. The monoisotopic (exact) mass is 265 g/mol. The predicted molar refractivity (Wildman–Crippen MR) is 70.8 cm³/mol. The van der Waals surface area contributed by atoms with Crippen molar-refractivity contribution in [2.45, 2.75) is 31.8 Å². The molecule has 0 fully saturated rings. The van der Waals surface area contributed by atoms with Crippen molar-refractivity contribution in [3.05, 3.63) is 23.3 Å². The topological polar surface area (TPSA) is 67.8 Å². The lowest BCUT2D eigenvalue weighted by Gasteiger charge is -2.31. The summed E-state index contributed by atoms with van der Waals surface area (Å²) in [5.74, 6) is 0.425. The Morgan fingerprint density at radius 2 is 2.16 bits per heavy atom. The molecular formula is C14H19NO4. The Morgan fingerprint density at radius 1 is 1.42 bits per heavy atom. The lowest BCUT2D eigenvalue weighted by atomic mass is 9.88. The van der Waals surface area contributed by atoms with Gasteiger partial charge in [0.1, 0.15) is 17.5 Å². The smallest absolute Gasteiger partial charge is 0.325 e. The second-order valence-corrected chi connectivity index (χ2v) is 4.64. The van der Waals surface area contributed by atoms with Gasteiger partial charge in [-0.15, -0.1) is 0 Å². The zero-order valence-corrected chi connectivity index (χ0v) is 11.4. The molecule has 2 N–H and O–H groups in total. The molecule has 104 valence electrons. The van der Waals surface area contributed by atoms with Gasteiger partial charge in [-0.3, -0.25) is 10.1 Å². The Balaban J connectivity index is 2.55. The number of carbonyl (C=O) groups is 1. The quantitative estimate of drug-likeness (QED) is 0.868. The van der Waals surface area contributed by atoms with E-state index in [4.69, 9.17) is 9.47 Å². The molecule has 1 aliphatic heterocycles. The molecule has 5 heteroatoms. The molecule has 0 radical (unpaired) electrons. The van der Waals surface area contributed by atoms with Crippen LogP contribution in [0.15, 0.2) is 12.1 Å². The summed E-state index contributed by atoms with van der Waals surface area (Å²) in [5, 5.41) is 12.5. The molecule has 1 aromatic carbocycles. The molecule has 0 saturated carbocycles. The number of methoxy groups -OCH3 is 2. The van der Waals surface area contributed by atoms with Gasteiger partial charge in [0.15, 0.2) is 0 Å². The summed E-state index contributed by atoms with van der Waals surface area (Å²) in [4.78, 5) is 11.4. The van der Waals surface area contributed by atoms with Gasteiger partial charge in [-0.05, 0) is 24.5 Å². The van der Waals surface area contributed by atoms with Crippen LogP contribution < -0.4 is 14.8 Å². The third-order valence-electron chi connectivity index (χ3n) is 3.58. The highest BCUT2D eigenvalue weighted by Crippen LogP contribution is 2.36. The van der Waals surface area contributed by atoms with Gasteiger partial charge in [0, 0.05) is 17.7 Å². The number of ether oxygens (including phenoxy) is 2. The van der Waals surface area contributed by atoms with Crippen LogP contribution in [0.1, 0.15) is 30.5 Å². The SMILES string of the molecule is CCC1Cc2c(OC)cc(OC)cc2C(C(=O)O)N1. The zero-order valence-electron chi connectivity index (χ0n) is 11.4. The minimum atomic E-state index is -0.880. The van der Waals surface area contributed by atoms with E-state index in [-0.39, 0.29) is 6.04 Å². The number of benzene rings is 1. The molecule has 2 atom stereocenters. The number of rotatable bonds is 4. The average Bonchev–Trinajstić information content (AvgIpc) is 2.44. The molecule has 2 rings (SSSR count). The maximum absolute atomic E-state index is 11.4. The standard InChI is InChI=1S/C14H19NO4/c1-4-8-5-10-11(13(15-8)14(16)17)6-9(18-2)7-12(10)19-3/h6-8,13,15H,4-5H2,1-3H3,(H,16,17). The Morgan fingerprint density at radius 3 is 2.68 bits per heavy atom. The van der Waals surface area contributed by atoms with Gasteiger partial charge in [0.25, 0.3) is 0 Å². The summed E-state index contributed by atoms with van der Waals surface area (Å²) in [5.41, 5.74) is 1.69. The maximum Gasteiger partial charge on any atom is 0.325 e. The second kappa shape index (κ2) is 5.48. The Hall–Kier alpha value is -1.75. The highest BCUT2D eigenvalue weighted by molar-refractivity contribution is 5.77. The molecule has 2 unspecified atom stereocenters. The lowest BCUT2D eigenvalue weighted by molar-refractivity contribution is -0.140. The summed E-state index contributed by atoms with van der Waals surface area (Å²) in [6.45, 7) is 2.04. The van der Waals surface area contributed by atoms with Crippen LogP contribution in [-0.2, 0) is 11.2 Å². The second-order valence-electron chi connectivity index (χ2n) is 4.64. The van der Waals surface area contributed by atoms with Crippen LogP contribution in [0.25, 0.3) is 0 Å². The van der Waals surface area contributed by atoms with Crippen molar-refractivity contribution in [3.63, 3.8) is 0 Å². The first-order chi connectivity index (χ1) is 9.10. The van der Waals surface area contributed by atoms with E-state index in [2.05, 4.69) is 5.32 Å². The van der Waals surface area contributed by atoms with Crippen molar-refractivity contribution >= 4 is 5.97 Å². The molecular weight excluding hydrogens is 246 g/mol. The average molecular weight is 265 g/mol. The highest BCUT2D eigenvalue weighted by Gasteiger charge is 2.32. The van der Waals surface area contributed by atoms with Crippen molar-refractivity contribution in [3.8, 4) is 11.5 Å². The number of hydrogen-bond donors (Lipinski definition) is 2. The Bertz CT molecular complexity index is 487. The molecule has 5 nitrogen and oxygen atoms in total. The van der Waals surface area contributed by atoms with E-state index in [1.807, 2.05) is 6.92 Å². The maximum atomic E-state index is 11.4. The van der Waals surface area contributed by atoms with Crippen LogP contribution in [0.2, 0.25) is 0 Å². The molecule has 19 heavy (non-hydrogen) atoms. The highest BCUT2D eigenvalue weighted by atomic mass is 16.5. The number of hydrogen-bond acceptors (Lipinski definition) is 4. The molecule has 0 spiro atoms. The summed E-state index contributed by atoms with van der Waals surface area (Å²) in [6.07, 6.45) is 1.64.